The van der Waals surface area contributed by atoms with Gasteiger partial charge in [-0.2, -0.15) is 0 Å². The highest BCUT2D eigenvalue weighted by Crippen LogP contribution is 2.38. The highest BCUT2D eigenvalue weighted by atomic mass is 35.5. The van der Waals surface area contributed by atoms with Crippen molar-refractivity contribution in [3.63, 3.8) is 0 Å². The number of benzene rings is 2. The summed E-state index contributed by atoms with van der Waals surface area (Å²) in [6, 6.07) is 11.7. The molecule has 0 bridgehead atoms. The van der Waals surface area contributed by atoms with Gasteiger partial charge in [0, 0.05) is 17.8 Å². The maximum atomic E-state index is 12.9. The molecule has 0 aliphatic carbocycles. The van der Waals surface area contributed by atoms with Crippen LogP contribution in [0.2, 0.25) is 5.02 Å². The number of halogens is 1. The Balaban J connectivity index is 1.62. The molecule has 4 rings (SSSR count). The van der Waals surface area contributed by atoms with E-state index in [1.807, 2.05) is 18.2 Å². The molecule has 2 aromatic carbocycles. The summed E-state index contributed by atoms with van der Waals surface area (Å²) < 4.78 is 16.1. The van der Waals surface area contributed by atoms with Crippen molar-refractivity contribution in [1.82, 2.24) is 16.0 Å². The van der Waals surface area contributed by atoms with E-state index in [9.17, 15) is 9.59 Å². The maximum absolute atomic E-state index is 12.9. The van der Waals surface area contributed by atoms with Gasteiger partial charge in [0.05, 0.1) is 18.3 Å². The normalized spacial score (nSPS) is 20.7. The van der Waals surface area contributed by atoms with Crippen molar-refractivity contribution >= 4 is 23.6 Å². The Kier molecular flexibility index (Phi) is 6.18. The zero-order chi connectivity index (χ0) is 21.8. The van der Waals surface area contributed by atoms with Crippen LogP contribution in [0.3, 0.4) is 0 Å². The second-order valence-corrected chi connectivity index (χ2v) is 7.40. The van der Waals surface area contributed by atoms with E-state index in [2.05, 4.69) is 16.0 Å². The Hall–Kier alpha value is -3.39. The van der Waals surface area contributed by atoms with Crippen LogP contribution in [0.1, 0.15) is 24.1 Å². The lowest BCUT2D eigenvalue weighted by Gasteiger charge is -2.33. The number of hydrogen-bond donors (Lipinski definition) is 3. The minimum Gasteiger partial charge on any atom is -0.465 e. The highest BCUT2D eigenvalue weighted by molar-refractivity contribution is 6.31. The third-order valence-corrected chi connectivity index (χ3v) is 5.39. The molecule has 0 aromatic heterocycles. The van der Waals surface area contributed by atoms with E-state index in [-0.39, 0.29) is 13.4 Å². The smallest absolute Gasteiger partial charge is 0.319 e. The van der Waals surface area contributed by atoms with Crippen LogP contribution in [-0.2, 0) is 16.1 Å². The molecule has 0 saturated carbocycles. The van der Waals surface area contributed by atoms with Gasteiger partial charge in [-0.15, -0.1) is 0 Å². The van der Waals surface area contributed by atoms with Crippen molar-refractivity contribution < 1.29 is 23.8 Å². The molecule has 2 atom stereocenters. The lowest BCUT2D eigenvalue weighted by molar-refractivity contribution is -0.147. The molecular weight excluding hydrogens is 422 g/mol. The maximum Gasteiger partial charge on any atom is 0.319 e. The van der Waals surface area contributed by atoms with Gasteiger partial charge in [-0.1, -0.05) is 35.9 Å². The SMILES string of the molecule is CCOC(=O)[C@H]1/C(=C\NCc2ccccc2Cl)NC(=O)N[C@@H]1c1ccc2c(c1)OCO2. The molecular formula is C22H22ClN3O5. The topological polar surface area (TPSA) is 97.9 Å². The van der Waals surface area contributed by atoms with E-state index < -0.39 is 24.0 Å². The second kappa shape index (κ2) is 9.18. The molecule has 1 saturated heterocycles. The summed E-state index contributed by atoms with van der Waals surface area (Å²) in [6.45, 7) is 2.52. The van der Waals surface area contributed by atoms with Crippen LogP contribution in [0.25, 0.3) is 0 Å². The lowest BCUT2D eigenvalue weighted by Crippen LogP contribution is -2.51. The molecule has 0 radical (unpaired) electrons. The fourth-order valence-electron chi connectivity index (χ4n) is 3.57. The van der Waals surface area contributed by atoms with Gasteiger partial charge in [0.1, 0.15) is 5.92 Å². The molecule has 0 spiro atoms. The number of rotatable bonds is 6. The van der Waals surface area contributed by atoms with Crippen LogP contribution in [0.5, 0.6) is 11.5 Å². The third kappa shape index (κ3) is 4.54. The molecule has 1 fully saturated rings. The van der Waals surface area contributed by atoms with Gasteiger partial charge in [0.15, 0.2) is 11.5 Å². The summed E-state index contributed by atoms with van der Waals surface area (Å²) in [6.07, 6.45) is 1.61. The van der Waals surface area contributed by atoms with Gasteiger partial charge < -0.3 is 30.2 Å². The van der Waals surface area contributed by atoms with Gasteiger partial charge in [0.25, 0.3) is 0 Å². The zero-order valence-electron chi connectivity index (χ0n) is 16.8. The van der Waals surface area contributed by atoms with E-state index in [0.29, 0.717) is 34.3 Å². The number of esters is 1. The number of nitrogens with one attached hydrogen (secondary N) is 3. The van der Waals surface area contributed by atoms with Crippen LogP contribution < -0.4 is 25.4 Å². The number of fused-ring (bicyclic) bond motifs is 1. The first-order valence-corrected chi connectivity index (χ1v) is 10.2. The van der Waals surface area contributed by atoms with Crippen molar-refractivity contribution in [3.05, 3.63) is 70.5 Å². The average Bonchev–Trinajstić information content (AvgIpc) is 3.22. The minimum atomic E-state index is -0.781. The Morgan fingerprint density at radius 2 is 2.06 bits per heavy atom. The fraction of sp³-hybridized carbons (Fsp3) is 0.273. The Bertz CT molecular complexity index is 1030. The van der Waals surface area contributed by atoms with Crippen LogP contribution >= 0.6 is 11.6 Å². The summed E-state index contributed by atoms with van der Waals surface area (Å²) >= 11 is 6.20. The van der Waals surface area contributed by atoms with E-state index in [1.165, 1.54) is 0 Å². The first kappa shape index (κ1) is 20.9. The Labute approximate surface area is 184 Å². The third-order valence-electron chi connectivity index (χ3n) is 5.02. The summed E-state index contributed by atoms with van der Waals surface area (Å²) in [4.78, 5) is 25.2. The summed E-state index contributed by atoms with van der Waals surface area (Å²) in [5, 5.41) is 9.30. The molecule has 9 heteroatoms. The van der Waals surface area contributed by atoms with Crippen LogP contribution in [0, 0.1) is 5.92 Å². The number of carbonyl (C=O) groups excluding carboxylic acids is 2. The molecule has 8 nitrogen and oxygen atoms in total. The predicted octanol–water partition coefficient (Wildman–Crippen LogP) is 3.23. The Morgan fingerprint density at radius 3 is 2.87 bits per heavy atom. The van der Waals surface area contributed by atoms with Crippen molar-refractivity contribution in [2.45, 2.75) is 19.5 Å². The standard InChI is InChI=1S/C22H22ClN3O5/c1-2-29-21(27)19-16(11-24-10-14-5-3-4-6-15(14)23)25-22(28)26-20(19)13-7-8-17-18(9-13)31-12-30-17/h3-9,11,19-20,24H,2,10,12H2,1H3,(H2,25,26,28)/b16-11+/t19-,20+/m0/s1. The van der Waals surface area contributed by atoms with Gasteiger partial charge in [-0.05, 0) is 36.2 Å². The fourth-order valence-corrected chi connectivity index (χ4v) is 3.77. The number of amides is 2. The molecule has 2 aliphatic rings. The van der Waals surface area contributed by atoms with E-state index in [4.69, 9.17) is 25.8 Å². The minimum absolute atomic E-state index is 0.135. The molecule has 2 amide bonds. The van der Waals surface area contributed by atoms with E-state index in [0.717, 1.165) is 5.56 Å². The van der Waals surface area contributed by atoms with Crippen molar-refractivity contribution in [1.29, 1.82) is 0 Å². The first-order chi connectivity index (χ1) is 15.1. The summed E-state index contributed by atoms with van der Waals surface area (Å²) in [5.41, 5.74) is 1.99. The van der Waals surface area contributed by atoms with Crippen molar-refractivity contribution in [2.24, 2.45) is 5.92 Å². The summed E-state index contributed by atoms with van der Waals surface area (Å²) in [5.74, 6) is -0.0515. The van der Waals surface area contributed by atoms with Crippen LogP contribution in [0.4, 0.5) is 4.79 Å². The quantitative estimate of drug-likeness (QED) is 0.593. The molecule has 2 heterocycles. The van der Waals surface area contributed by atoms with E-state index in [1.54, 1.807) is 37.4 Å². The monoisotopic (exact) mass is 443 g/mol. The van der Waals surface area contributed by atoms with Gasteiger partial charge >= 0.3 is 12.0 Å². The van der Waals surface area contributed by atoms with E-state index >= 15 is 0 Å². The summed E-state index contributed by atoms with van der Waals surface area (Å²) in [7, 11) is 0. The van der Waals surface area contributed by atoms with Crippen molar-refractivity contribution in [2.75, 3.05) is 13.4 Å². The Morgan fingerprint density at radius 1 is 1.26 bits per heavy atom. The highest BCUT2D eigenvalue weighted by Gasteiger charge is 2.40. The molecule has 2 aromatic rings. The predicted molar refractivity (Wildman–Crippen MR) is 113 cm³/mol. The second-order valence-electron chi connectivity index (χ2n) is 6.99. The average molecular weight is 444 g/mol. The lowest BCUT2D eigenvalue weighted by atomic mass is 9.88. The van der Waals surface area contributed by atoms with Gasteiger partial charge in [-0.3, -0.25) is 4.79 Å². The number of ether oxygens (including phenoxy) is 3. The van der Waals surface area contributed by atoms with Crippen LogP contribution in [0.15, 0.2) is 54.4 Å². The molecule has 31 heavy (non-hydrogen) atoms. The number of carbonyl (C=O) groups is 2. The molecule has 2 aliphatic heterocycles. The zero-order valence-corrected chi connectivity index (χ0v) is 17.6. The van der Waals surface area contributed by atoms with Gasteiger partial charge in [-0.25, -0.2) is 4.79 Å². The number of urea groups is 1. The molecule has 3 N–H and O–H groups in total. The first-order valence-electron chi connectivity index (χ1n) is 9.87. The molecule has 162 valence electrons. The van der Waals surface area contributed by atoms with Crippen molar-refractivity contribution in [3.8, 4) is 11.5 Å². The number of hydrogen-bond acceptors (Lipinski definition) is 6. The molecule has 0 unspecified atom stereocenters. The van der Waals surface area contributed by atoms with Crippen LogP contribution in [-0.4, -0.2) is 25.4 Å². The largest absolute Gasteiger partial charge is 0.465 e. The van der Waals surface area contributed by atoms with Gasteiger partial charge in [0.2, 0.25) is 6.79 Å².